The van der Waals surface area contributed by atoms with Gasteiger partial charge in [-0.15, -0.1) is 0 Å². The van der Waals surface area contributed by atoms with E-state index in [-0.39, 0.29) is 11.1 Å². The third kappa shape index (κ3) is 4.56. The molecule has 0 radical (unpaired) electrons. The standard InChI is InChI=1S/C16H25N3O3/c1-7-8-14-12(10-17-22-6)13(9-15(20)19(14)4)18-16(2,3)11-21-5/h7-10,17-18H,1,11H2,2-6H3/p+1/b12-10-,14-8+. The number of rotatable bonds is 7. The SMILES string of the molecule is C=C/C=c1\c(=C/[NH2+]OC)c(NC(C)(C)COC)cc(=O)n1C. The lowest BCUT2D eigenvalue weighted by Gasteiger charge is -2.27. The van der Waals surface area contributed by atoms with Gasteiger partial charge in [-0.3, -0.25) is 4.79 Å². The van der Waals surface area contributed by atoms with Crippen molar-refractivity contribution < 1.29 is 15.1 Å². The molecule has 0 aliphatic carbocycles. The second-order valence-corrected chi connectivity index (χ2v) is 5.64. The molecule has 122 valence electrons. The van der Waals surface area contributed by atoms with Gasteiger partial charge >= 0.3 is 0 Å². The van der Waals surface area contributed by atoms with E-state index in [0.717, 1.165) is 16.3 Å². The van der Waals surface area contributed by atoms with E-state index in [1.165, 1.54) is 0 Å². The number of ether oxygens (including phenoxy) is 1. The molecule has 0 aliphatic rings. The molecule has 0 aromatic carbocycles. The molecule has 0 unspecified atom stereocenters. The average Bonchev–Trinajstić information content (AvgIpc) is 2.43. The van der Waals surface area contributed by atoms with Crippen LogP contribution in [0.25, 0.3) is 12.3 Å². The van der Waals surface area contributed by atoms with Crippen LogP contribution in [-0.4, -0.2) is 30.9 Å². The number of anilines is 1. The second kappa shape index (κ2) is 7.93. The lowest BCUT2D eigenvalue weighted by Crippen LogP contribution is -2.77. The molecule has 1 aromatic heterocycles. The van der Waals surface area contributed by atoms with Gasteiger partial charge in [0.15, 0.2) is 0 Å². The van der Waals surface area contributed by atoms with Crippen molar-refractivity contribution >= 4 is 18.0 Å². The summed E-state index contributed by atoms with van der Waals surface area (Å²) in [6.07, 6.45) is 5.27. The highest BCUT2D eigenvalue weighted by Crippen LogP contribution is 2.09. The van der Waals surface area contributed by atoms with Crippen molar-refractivity contribution in [2.75, 3.05) is 26.1 Å². The molecule has 1 heterocycles. The molecule has 0 atom stereocenters. The first-order valence-corrected chi connectivity index (χ1v) is 7.02. The number of hydroxylamine groups is 1. The van der Waals surface area contributed by atoms with Crippen LogP contribution in [-0.2, 0) is 16.6 Å². The monoisotopic (exact) mass is 308 g/mol. The predicted molar refractivity (Wildman–Crippen MR) is 88.6 cm³/mol. The van der Waals surface area contributed by atoms with Crippen molar-refractivity contribution in [1.29, 1.82) is 0 Å². The fraction of sp³-hybridized carbons (Fsp3) is 0.438. The van der Waals surface area contributed by atoms with Crippen LogP contribution in [0, 0.1) is 0 Å². The largest absolute Gasteiger partial charge is 0.382 e. The normalized spacial score (nSPS) is 13.5. The number of pyridine rings is 1. The zero-order chi connectivity index (χ0) is 16.8. The van der Waals surface area contributed by atoms with E-state index < -0.39 is 0 Å². The number of methoxy groups -OCH3 is 1. The van der Waals surface area contributed by atoms with Crippen LogP contribution in [0.1, 0.15) is 13.8 Å². The highest BCUT2D eigenvalue weighted by molar-refractivity contribution is 5.50. The van der Waals surface area contributed by atoms with E-state index in [1.54, 1.807) is 49.5 Å². The quantitative estimate of drug-likeness (QED) is 0.638. The Kier molecular flexibility index (Phi) is 6.55. The van der Waals surface area contributed by atoms with Gasteiger partial charge in [0.1, 0.15) is 6.20 Å². The number of nitrogens with two attached hydrogens (primary N) is 1. The maximum Gasteiger partial charge on any atom is 0.252 e. The van der Waals surface area contributed by atoms with E-state index >= 15 is 0 Å². The molecule has 0 aliphatic heterocycles. The van der Waals surface area contributed by atoms with Crippen molar-refractivity contribution in [2.45, 2.75) is 19.4 Å². The molecule has 0 saturated heterocycles. The summed E-state index contributed by atoms with van der Waals surface area (Å²) in [5.74, 6) is 0. The Morgan fingerprint density at radius 3 is 2.68 bits per heavy atom. The first kappa shape index (κ1) is 18.2. The van der Waals surface area contributed by atoms with Crippen LogP contribution < -0.4 is 26.9 Å². The topological polar surface area (TPSA) is 69.1 Å². The molecular formula is C16H26N3O3+. The lowest BCUT2D eigenvalue weighted by atomic mass is 10.1. The van der Waals surface area contributed by atoms with E-state index in [1.807, 2.05) is 20.0 Å². The predicted octanol–water partition coefficient (Wildman–Crippen LogP) is -0.948. The molecule has 22 heavy (non-hydrogen) atoms. The fourth-order valence-corrected chi connectivity index (χ4v) is 2.22. The minimum Gasteiger partial charge on any atom is -0.382 e. The Hall–Kier alpha value is -1.89. The van der Waals surface area contributed by atoms with E-state index in [9.17, 15) is 4.79 Å². The number of nitrogens with one attached hydrogen (secondary N) is 1. The Balaban J connectivity index is 3.60. The Labute approximate surface area is 130 Å². The Bertz CT molecular complexity index is 690. The van der Waals surface area contributed by atoms with Crippen LogP contribution in [0.4, 0.5) is 5.69 Å². The maximum atomic E-state index is 12.2. The lowest BCUT2D eigenvalue weighted by molar-refractivity contribution is -0.817. The van der Waals surface area contributed by atoms with Crippen molar-refractivity contribution in [3.8, 4) is 0 Å². The van der Waals surface area contributed by atoms with Gasteiger partial charge in [0, 0.05) is 20.2 Å². The molecule has 0 amide bonds. The second-order valence-electron chi connectivity index (χ2n) is 5.64. The molecule has 1 aromatic rings. The molecule has 0 saturated carbocycles. The van der Waals surface area contributed by atoms with Crippen molar-refractivity contribution in [3.63, 3.8) is 0 Å². The third-order valence-electron chi connectivity index (χ3n) is 3.15. The van der Waals surface area contributed by atoms with E-state index in [4.69, 9.17) is 9.57 Å². The molecule has 6 nitrogen and oxygen atoms in total. The Morgan fingerprint density at radius 2 is 2.14 bits per heavy atom. The number of quaternary nitrogens is 1. The summed E-state index contributed by atoms with van der Waals surface area (Å²) < 4.78 is 6.79. The number of aromatic nitrogens is 1. The zero-order valence-electron chi connectivity index (χ0n) is 14.0. The van der Waals surface area contributed by atoms with Crippen LogP contribution in [0.5, 0.6) is 0 Å². The summed E-state index contributed by atoms with van der Waals surface area (Å²) >= 11 is 0. The first-order chi connectivity index (χ1) is 10.4. The van der Waals surface area contributed by atoms with Gasteiger partial charge in [0.2, 0.25) is 0 Å². The van der Waals surface area contributed by atoms with Gasteiger partial charge in [0.05, 0.1) is 35.5 Å². The highest BCUT2D eigenvalue weighted by atomic mass is 16.6. The van der Waals surface area contributed by atoms with Gasteiger partial charge in [-0.1, -0.05) is 12.7 Å². The minimum absolute atomic E-state index is 0.0987. The van der Waals surface area contributed by atoms with Crippen molar-refractivity contribution in [3.05, 3.63) is 39.6 Å². The summed E-state index contributed by atoms with van der Waals surface area (Å²) in [5, 5.41) is 4.97. The highest BCUT2D eigenvalue weighted by Gasteiger charge is 2.18. The van der Waals surface area contributed by atoms with Gasteiger partial charge < -0.3 is 14.6 Å². The van der Waals surface area contributed by atoms with Gasteiger partial charge in [0.25, 0.3) is 5.56 Å². The van der Waals surface area contributed by atoms with Gasteiger partial charge in [-0.2, -0.15) is 5.48 Å². The molecule has 6 heteroatoms. The molecule has 3 N–H and O–H groups in total. The fourth-order valence-electron chi connectivity index (χ4n) is 2.22. The van der Waals surface area contributed by atoms with E-state index in [2.05, 4.69) is 11.9 Å². The van der Waals surface area contributed by atoms with Gasteiger partial charge in [-0.25, -0.2) is 4.84 Å². The van der Waals surface area contributed by atoms with Crippen molar-refractivity contribution in [2.24, 2.45) is 7.05 Å². The molecule has 0 spiro atoms. The number of allylic oxidation sites excluding steroid dienone is 1. The maximum absolute atomic E-state index is 12.2. The van der Waals surface area contributed by atoms with Crippen LogP contribution >= 0.6 is 0 Å². The molecular weight excluding hydrogens is 282 g/mol. The summed E-state index contributed by atoms with van der Waals surface area (Å²) in [7, 11) is 4.96. The average molecular weight is 308 g/mol. The Morgan fingerprint density at radius 1 is 1.45 bits per heavy atom. The molecule has 0 bridgehead atoms. The molecule has 0 fully saturated rings. The number of hydrogen-bond donors (Lipinski definition) is 2. The smallest absolute Gasteiger partial charge is 0.252 e. The van der Waals surface area contributed by atoms with Crippen LogP contribution in [0.15, 0.2) is 23.5 Å². The number of nitrogens with zero attached hydrogens (tertiary/aromatic N) is 1. The summed E-state index contributed by atoms with van der Waals surface area (Å²) in [4.78, 5) is 17.2. The van der Waals surface area contributed by atoms with E-state index in [0.29, 0.717) is 6.61 Å². The minimum atomic E-state index is -0.317. The number of hydrogen-bond acceptors (Lipinski definition) is 4. The van der Waals surface area contributed by atoms with Crippen molar-refractivity contribution in [1.82, 2.24) is 4.57 Å². The summed E-state index contributed by atoms with van der Waals surface area (Å²) in [6.45, 7) is 8.24. The third-order valence-corrected chi connectivity index (χ3v) is 3.15. The van der Waals surface area contributed by atoms with Crippen LogP contribution in [0.2, 0.25) is 0 Å². The van der Waals surface area contributed by atoms with Crippen LogP contribution in [0.3, 0.4) is 0 Å². The summed E-state index contributed by atoms with van der Waals surface area (Å²) in [5.41, 5.74) is 1.89. The molecule has 1 rings (SSSR count). The summed E-state index contributed by atoms with van der Waals surface area (Å²) in [6, 6.07) is 1.58. The van der Waals surface area contributed by atoms with Gasteiger partial charge in [-0.05, 0) is 19.9 Å². The zero-order valence-corrected chi connectivity index (χ0v) is 14.0. The first-order valence-electron chi connectivity index (χ1n) is 7.02.